The van der Waals surface area contributed by atoms with Crippen LogP contribution in [0.1, 0.15) is 47.2 Å². The van der Waals surface area contributed by atoms with Crippen molar-refractivity contribution in [3.63, 3.8) is 0 Å². The Morgan fingerprint density at radius 1 is 1.32 bits per heavy atom. The summed E-state index contributed by atoms with van der Waals surface area (Å²) in [4.78, 5) is 12.4. The zero-order valence-electron chi connectivity index (χ0n) is 13.8. The second kappa shape index (κ2) is 6.42. The molecule has 0 atom stereocenters. The highest BCUT2D eigenvalue weighted by Gasteiger charge is 2.25. The van der Waals surface area contributed by atoms with Crippen molar-refractivity contribution in [3.8, 4) is 5.69 Å². The molecule has 1 fully saturated rings. The standard InChI is InChI=1S/C16H18N8O/c1-23-14(19-20-15(23)11-4-2-5-11)9-17-16(25)12-6-3-7-13(8-12)24-10-18-21-22-24/h3,6-8,10-11H,2,4-5,9H2,1H3,(H,17,25). The van der Waals surface area contributed by atoms with Gasteiger partial charge in [-0.1, -0.05) is 12.5 Å². The average molecular weight is 338 g/mol. The molecule has 1 aliphatic carbocycles. The van der Waals surface area contributed by atoms with E-state index in [1.807, 2.05) is 17.7 Å². The third-order valence-corrected chi connectivity index (χ3v) is 4.60. The van der Waals surface area contributed by atoms with E-state index in [2.05, 4.69) is 31.0 Å². The van der Waals surface area contributed by atoms with E-state index < -0.39 is 0 Å². The summed E-state index contributed by atoms with van der Waals surface area (Å²) in [6.45, 7) is 0.337. The van der Waals surface area contributed by atoms with E-state index in [-0.39, 0.29) is 5.91 Å². The van der Waals surface area contributed by atoms with Crippen LogP contribution in [0.15, 0.2) is 30.6 Å². The minimum atomic E-state index is -0.178. The maximum Gasteiger partial charge on any atom is 0.251 e. The van der Waals surface area contributed by atoms with Gasteiger partial charge in [-0.05, 0) is 41.5 Å². The van der Waals surface area contributed by atoms with Crippen LogP contribution in [-0.2, 0) is 13.6 Å². The summed E-state index contributed by atoms with van der Waals surface area (Å²) in [6.07, 6.45) is 5.07. The molecule has 0 unspecified atom stereocenters. The Morgan fingerprint density at radius 3 is 2.92 bits per heavy atom. The van der Waals surface area contributed by atoms with Gasteiger partial charge in [0.2, 0.25) is 0 Å². The number of nitrogens with zero attached hydrogens (tertiary/aromatic N) is 7. The van der Waals surface area contributed by atoms with E-state index in [1.54, 1.807) is 18.2 Å². The normalized spacial score (nSPS) is 14.3. The van der Waals surface area contributed by atoms with E-state index in [1.165, 1.54) is 30.3 Å². The summed E-state index contributed by atoms with van der Waals surface area (Å²) < 4.78 is 3.49. The molecule has 4 rings (SSSR count). The molecule has 2 heterocycles. The second-order valence-corrected chi connectivity index (χ2v) is 6.15. The van der Waals surface area contributed by atoms with Crippen molar-refractivity contribution >= 4 is 5.91 Å². The molecule has 1 aliphatic rings. The summed E-state index contributed by atoms with van der Waals surface area (Å²) in [5.74, 6) is 2.10. The van der Waals surface area contributed by atoms with Crippen LogP contribution in [0, 0.1) is 0 Å². The lowest BCUT2D eigenvalue weighted by Crippen LogP contribution is -2.25. The molecule has 25 heavy (non-hydrogen) atoms. The van der Waals surface area contributed by atoms with Crippen LogP contribution in [0.4, 0.5) is 0 Å². The molecule has 128 valence electrons. The molecule has 2 aromatic heterocycles. The quantitative estimate of drug-likeness (QED) is 0.744. The van der Waals surface area contributed by atoms with Gasteiger partial charge in [-0.2, -0.15) is 0 Å². The molecule has 9 nitrogen and oxygen atoms in total. The number of aromatic nitrogens is 7. The van der Waals surface area contributed by atoms with Crippen molar-refractivity contribution in [1.29, 1.82) is 0 Å². The molecule has 1 amide bonds. The zero-order valence-corrected chi connectivity index (χ0v) is 13.8. The molecule has 9 heteroatoms. The van der Waals surface area contributed by atoms with Gasteiger partial charge in [0, 0.05) is 18.5 Å². The number of benzene rings is 1. The highest BCUT2D eigenvalue weighted by molar-refractivity contribution is 5.94. The Kier molecular flexibility index (Phi) is 3.96. The van der Waals surface area contributed by atoms with Gasteiger partial charge in [0.25, 0.3) is 5.91 Å². The van der Waals surface area contributed by atoms with E-state index in [0.717, 1.165) is 17.3 Å². The number of hydrogen-bond acceptors (Lipinski definition) is 6. The molecule has 1 N–H and O–H groups in total. The van der Waals surface area contributed by atoms with Crippen molar-refractivity contribution in [2.75, 3.05) is 0 Å². The first-order valence-electron chi connectivity index (χ1n) is 8.22. The van der Waals surface area contributed by atoms with Crippen molar-refractivity contribution in [3.05, 3.63) is 47.8 Å². The Balaban J connectivity index is 1.44. The Bertz CT molecular complexity index is 881. The molecule has 0 bridgehead atoms. The van der Waals surface area contributed by atoms with Crippen molar-refractivity contribution in [2.45, 2.75) is 31.7 Å². The van der Waals surface area contributed by atoms with Gasteiger partial charge in [-0.3, -0.25) is 4.79 Å². The number of carbonyl (C=O) groups is 1. The number of carbonyl (C=O) groups excluding carboxylic acids is 1. The van der Waals surface area contributed by atoms with Crippen molar-refractivity contribution in [1.82, 2.24) is 40.3 Å². The number of hydrogen-bond donors (Lipinski definition) is 1. The molecule has 0 spiro atoms. The van der Waals surface area contributed by atoms with Crippen LogP contribution >= 0.6 is 0 Å². The largest absolute Gasteiger partial charge is 0.345 e. The minimum absolute atomic E-state index is 0.178. The zero-order chi connectivity index (χ0) is 17.2. The lowest BCUT2D eigenvalue weighted by atomic mass is 9.85. The van der Waals surface area contributed by atoms with E-state index in [9.17, 15) is 4.79 Å². The highest BCUT2D eigenvalue weighted by atomic mass is 16.1. The fraction of sp³-hybridized carbons (Fsp3) is 0.375. The van der Waals surface area contributed by atoms with Crippen LogP contribution in [-0.4, -0.2) is 40.9 Å². The molecular weight excluding hydrogens is 320 g/mol. The Morgan fingerprint density at radius 2 is 2.20 bits per heavy atom. The first kappa shape index (κ1) is 15.4. The topological polar surface area (TPSA) is 103 Å². The van der Waals surface area contributed by atoms with Crippen LogP contribution in [0.2, 0.25) is 0 Å². The first-order valence-corrected chi connectivity index (χ1v) is 8.22. The van der Waals surface area contributed by atoms with Gasteiger partial charge in [-0.25, -0.2) is 4.68 Å². The lowest BCUT2D eigenvalue weighted by Gasteiger charge is -2.24. The third-order valence-electron chi connectivity index (χ3n) is 4.60. The number of amides is 1. The summed E-state index contributed by atoms with van der Waals surface area (Å²) in [6, 6.07) is 7.12. The summed E-state index contributed by atoms with van der Waals surface area (Å²) in [5, 5.41) is 22.4. The van der Waals surface area contributed by atoms with Crippen molar-refractivity contribution in [2.24, 2.45) is 7.05 Å². The fourth-order valence-electron chi connectivity index (χ4n) is 2.88. The Labute approximate surface area is 144 Å². The van der Waals surface area contributed by atoms with Gasteiger partial charge >= 0.3 is 0 Å². The number of nitrogens with one attached hydrogen (secondary N) is 1. The maximum atomic E-state index is 12.4. The SMILES string of the molecule is Cn1c(CNC(=O)c2cccc(-n3cnnn3)c2)nnc1C1CCC1. The number of rotatable bonds is 5. The van der Waals surface area contributed by atoms with Gasteiger partial charge in [-0.15, -0.1) is 15.3 Å². The third kappa shape index (κ3) is 3.00. The highest BCUT2D eigenvalue weighted by Crippen LogP contribution is 2.35. The molecule has 0 aliphatic heterocycles. The van der Waals surface area contributed by atoms with E-state index in [4.69, 9.17) is 0 Å². The van der Waals surface area contributed by atoms with E-state index in [0.29, 0.717) is 18.0 Å². The Hall–Kier alpha value is -3.10. The van der Waals surface area contributed by atoms with Gasteiger partial charge in [0.1, 0.15) is 12.2 Å². The predicted molar refractivity (Wildman–Crippen MR) is 87.9 cm³/mol. The summed E-state index contributed by atoms with van der Waals surface area (Å²) in [7, 11) is 1.95. The molecule has 1 aromatic carbocycles. The van der Waals surface area contributed by atoms with Crippen LogP contribution in [0.5, 0.6) is 0 Å². The first-order chi connectivity index (χ1) is 12.2. The van der Waals surface area contributed by atoms with Gasteiger partial charge in [0.05, 0.1) is 12.2 Å². The minimum Gasteiger partial charge on any atom is -0.345 e. The predicted octanol–water partition coefficient (Wildman–Crippen LogP) is 0.988. The van der Waals surface area contributed by atoms with Crippen molar-refractivity contribution < 1.29 is 4.79 Å². The van der Waals surface area contributed by atoms with Crippen LogP contribution < -0.4 is 5.32 Å². The molecule has 0 radical (unpaired) electrons. The molecule has 1 saturated carbocycles. The summed E-state index contributed by atoms with van der Waals surface area (Å²) >= 11 is 0. The lowest BCUT2D eigenvalue weighted by molar-refractivity contribution is 0.0949. The second-order valence-electron chi connectivity index (χ2n) is 6.15. The number of tetrazole rings is 1. The van der Waals surface area contributed by atoms with Gasteiger partial charge in [0.15, 0.2) is 5.82 Å². The van der Waals surface area contributed by atoms with Gasteiger partial charge < -0.3 is 9.88 Å². The van der Waals surface area contributed by atoms with Crippen LogP contribution in [0.25, 0.3) is 5.69 Å². The fourth-order valence-corrected chi connectivity index (χ4v) is 2.88. The molecular formula is C16H18N8O. The average Bonchev–Trinajstić information content (AvgIpc) is 3.23. The molecule has 3 aromatic rings. The monoisotopic (exact) mass is 338 g/mol. The molecule has 0 saturated heterocycles. The maximum absolute atomic E-state index is 12.4. The summed E-state index contributed by atoms with van der Waals surface area (Å²) in [5.41, 5.74) is 1.26. The van der Waals surface area contributed by atoms with Crippen LogP contribution in [0.3, 0.4) is 0 Å². The smallest absolute Gasteiger partial charge is 0.251 e. The van der Waals surface area contributed by atoms with E-state index >= 15 is 0 Å².